The Morgan fingerprint density at radius 1 is 1.35 bits per heavy atom. The van der Waals surface area contributed by atoms with Gasteiger partial charge in [0, 0.05) is 29.6 Å². The third-order valence-corrected chi connectivity index (χ3v) is 5.67. The Hall–Kier alpha value is -0.870. The fourth-order valence-electron chi connectivity index (χ4n) is 3.44. The van der Waals surface area contributed by atoms with E-state index in [2.05, 4.69) is 32.7 Å². The van der Waals surface area contributed by atoms with Gasteiger partial charge in [-0.2, -0.15) is 0 Å². The van der Waals surface area contributed by atoms with Gasteiger partial charge in [-0.3, -0.25) is 9.69 Å². The van der Waals surface area contributed by atoms with Crippen molar-refractivity contribution in [1.82, 2.24) is 9.80 Å². The molecule has 1 aromatic carbocycles. The molecule has 0 aromatic heterocycles. The number of aryl methyl sites for hydroxylation is 1. The minimum absolute atomic E-state index is 0.166. The van der Waals surface area contributed by atoms with Crippen molar-refractivity contribution >= 4 is 21.8 Å². The second-order valence-corrected chi connectivity index (χ2v) is 6.83. The summed E-state index contributed by atoms with van der Waals surface area (Å²) in [6, 6.07) is 6.78. The van der Waals surface area contributed by atoms with Crippen molar-refractivity contribution in [2.45, 2.75) is 38.8 Å². The van der Waals surface area contributed by atoms with Crippen LogP contribution in [-0.2, 0) is 0 Å². The molecule has 0 saturated carbocycles. The lowest BCUT2D eigenvalue weighted by atomic mass is 10.0. The van der Waals surface area contributed by atoms with Gasteiger partial charge in [0.1, 0.15) is 0 Å². The van der Waals surface area contributed by atoms with Crippen LogP contribution in [-0.4, -0.2) is 47.4 Å². The Morgan fingerprint density at radius 3 is 2.95 bits per heavy atom. The van der Waals surface area contributed by atoms with Crippen LogP contribution in [0.5, 0.6) is 0 Å². The fraction of sp³-hybridized carbons (Fsp3) is 0.562. The van der Waals surface area contributed by atoms with Crippen molar-refractivity contribution in [1.29, 1.82) is 0 Å². The van der Waals surface area contributed by atoms with Gasteiger partial charge in [-0.1, -0.05) is 12.1 Å². The number of fused-ring (bicyclic) bond motifs is 1. The van der Waals surface area contributed by atoms with Crippen LogP contribution in [0.1, 0.15) is 35.7 Å². The standard InChI is InChI=1S/C16H21BrN2O/c1-11-5-3-7-14(15(11)17)16(20)19-10-13-6-4-8-18(13)9-12(19)2/h3,5,7,12-13H,4,6,8-10H2,1-2H3. The molecule has 2 heterocycles. The first-order valence-electron chi connectivity index (χ1n) is 7.38. The summed E-state index contributed by atoms with van der Waals surface area (Å²) in [5.41, 5.74) is 1.91. The zero-order valence-corrected chi connectivity index (χ0v) is 13.7. The maximum atomic E-state index is 12.8. The Balaban J connectivity index is 1.84. The molecule has 0 N–H and O–H groups in total. The number of piperazine rings is 1. The molecule has 2 aliphatic rings. The molecule has 1 aromatic rings. The lowest BCUT2D eigenvalue weighted by molar-refractivity contribution is 0.0394. The highest BCUT2D eigenvalue weighted by molar-refractivity contribution is 9.10. The number of hydrogen-bond acceptors (Lipinski definition) is 2. The topological polar surface area (TPSA) is 23.6 Å². The zero-order chi connectivity index (χ0) is 14.3. The van der Waals surface area contributed by atoms with E-state index in [1.165, 1.54) is 19.4 Å². The maximum Gasteiger partial charge on any atom is 0.255 e. The van der Waals surface area contributed by atoms with Crippen molar-refractivity contribution in [3.8, 4) is 0 Å². The quantitative estimate of drug-likeness (QED) is 0.786. The summed E-state index contributed by atoms with van der Waals surface area (Å²) in [5.74, 6) is 0.166. The van der Waals surface area contributed by atoms with Crippen molar-refractivity contribution < 1.29 is 4.79 Å². The maximum absolute atomic E-state index is 12.8. The van der Waals surface area contributed by atoms with Crippen LogP contribution in [0.3, 0.4) is 0 Å². The molecule has 4 heteroatoms. The number of amides is 1. The van der Waals surface area contributed by atoms with Crippen molar-refractivity contribution in [2.24, 2.45) is 0 Å². The van der Waals surface area contributed by atoms with E-state index < -0.39 is 0 Å². The summed E-state index contributed by atoms with van der Waals surface area (Å²) in [5, 5.41) is 0. The van der Waals surface area contributed by atoms with Crippen LogP contribution in [0.15, 0.2) is 22.7 Å². The molecular weight excluding hydrogens is 316 g/mol. The summed E-state index contributed by atoms with van der Waals surface area (Å²) in [4.78, 5) is 17.5. The van der Waals surface area contributed by atoms with Gasteiger partial charge in [-0.15, -0.1) is 0 Å². The zero-order valence-electron chi connectivity index (χ0n) is 12.1. The molecule has 2 atom stereocenters. The second-order valence-electron chi connectivity index (χ2n) is 6.03. The lowest BCUT2D eigenvalue weighted by Gasteiger charge is -2.42. The van der Waals surface area contributed by atoms with E-state index in [4.69, 9.17) is 0 Å². The molecule has 0 bridgehead atoms. The summed E-state index contributed by atoms with van der Waals surface area (Å²) in [6.45, 7) is 7.28. The van der Waals surface area contributed by atoms with E-state index in [9.17, 15) is 4.79 Å². The summed E-state index contributed by atoms with van der Waals surface area (Å²) >= 11 is 3.57. The number of carbonyl (C=O) groups is 1. The molecule has 2 aliphatic heterocycles. The highest BCUT2D eigenvalue weighted by Gasteiger charge is 2.37. The summed E-state index contributed by atoms with van der Waals surface area (Å²) in [7, 11) is 0. The average Bonchev–Trinajstić information content (AvgIpc) is 2.87. The number of nitrogens with zero attached hydrogens (tertiary/aromatic N) is 2. The number of halogens is 1. The fourth-order valence-corrected chi connectivity index (χ4v) is 3.87. The van der Waals surface area contributed by atoms with Gasteiger partial charge in [0.25, 0.3) is 5.91 Å². The molecule has 0 aliphatic carbocycles. The minimum Gasteiger partial charge on any atom is -0.333 e. The Morgan fingerprint density at radius 2 is 2.15 bits per heavy atom. The van der Waals surface area contributed by atoms with Crippen LogP contribution in [0, 0.1) is 6.92 Å². The molecule has 0 radical (unpaired) electrons. The number of carbonyl (C=O) groups excluding carboxylic acids is 1. The van der Waals surface area contributed by atoms with Gasteiger partial charge < -0.3 is 4.90 Å². The van der Waals surface area contributed by atoms with Gasteiger partial charge in [0.2, 0.25) is 0 Å². The van der Waals surface area contributed by atoms with Crippen molar-refractivity contribution in [2.75, 3.05) is 19.6 Å². The molecule has 108 valence electrons. The Kier molecular flexibility index (Phi) is 3.87. The van der Waals surface area contributed by atoms with Crippen molar-refractivity contribution in [3.63, 3.8) is 0 Å². The third-order valence-electron chi connectivity index (χ3n) is 4.62. The van der Waals surface area contributed by atoms with E-state index in [0.29, 0.717) is 12.1 Å². The van der Waals surface area contributed by atoms with E-state index in [1.54, 1.807) is 0 Å². The Labute approximate surface area is 129 Å². The number of benzene rings is 1. The van der Waals surface area contributed by atoms with Crippen LogP contribution in [0.4, 0.5) is 0 Å². The summed E-state index contributed by atoms with van der Waals surface area (Å²) in [6.07, 6.45) is 2.50. The van der Waals surface area contributed by atoms with Crippen LogP contribution in [0.2, 0.25) is 0 Å². The van der Waals surface area contributed by atoms with Gasteiger partial charge in [-0.25, -0.2) is 0 Å². The highest BCUT2D eigenvalue weighted by atomic mass is 79.9. The van der Waals surface area contributed by atoms with Crippen LogP contribution in [0.25, 0.3) is 0 Å². The van der Waals surface area contributed by atoms with Gasteiger partial charge in [0.15, 0.2) is 0 Å². The first kappa shape index (κ1) is 14.1. The molecular formula is C16H21BrN2O. The van der Waals surface area contributed by atoms with Crippen LogP contribution >= 0.6 is 15.9 Å². The first-order valence-corrected chi connectivity index (χ1v) is 8.17. The van der Waals surface area contributed by atoms with E-state index in [0.717, 1.165) is 28.7 Å². The van der Waals surface area contributed by atoms with E-state index >= 15 is 0 Å². The van der Waals surface area contributed by atoms with Gasteiger partial charge >= 0.3 is 0 Å². The average molecular weight is 337 g/mol. The molecule has 3 rings (SSSR count). The highest BCUT2D eigenvalue weighted by Crippen LogP contribution is 2.28. The van der Waals surface area contributed by atoms with E-state index in [1.807, 2.05) is 25.1 Å². The second kappa shape index (κ2) is 5.49. The molecule has 2 unspecified atom stereocenters. The number of hydrogen-bond donors (Lipinski definition) is 0. The van der Waals surface area contributed by atoms with Gasteiger partial charge in [-0.05, 0) is 60.8 Å². The predicted molar refractivity (Wildman–Crippen MR) is 84.0 cm³/mol. The molecule has 3 nitrogen and oxygen atoms in total. The molecule has 0 spiro atoms. The smallest absolute Gasteiger partial charge is 0.255 e. The van der Waals surface area contributed by atoms with Crippen LogP contribution < -0.4 is 0 Å². The SMILES string of the molecule is Cc1cccc(C(=O)N2CC3CCCN3CC2C)c1Br. The minimum atomic E-state index is 0.166. The molecule has 2 saturated heterocycles. The largest absolute Gasteiger partial charge is 0.333 e. The van der Waals surface area contributed by atoms with Crippen molar-refractivity contribution in [3.05, 3.63) is 33.8 Å². The normalized spacial score (nSPS) is 26.6. The number of rotatable bonds is 1. The van der Waals surface area contributed by atoms with Gasteiger partial charge in [0.05, 0.1) is 5.56 Å². The molecule has 1 amide bonds. The summed E-state index contributed by atoms with van der Waals surface area (Å²) < 4.78 is 0.936. The third kappa shape index (κ3) is 2.40. The molecule has 2 fully saturated rings. The Bertz CT molecular complexity index is 531. The molecule has 20 heavy (non-hydrogen) atoms. The predicted octanol–water partition coefficient (Wildman–Crippen LogP) is 3.07. The monoisotopic (exact) mass is 336 g/mol. The van der Waals surface area contributed by atoms with E-state index in [-0.39, 0.29) is 5.91 Å². The lowest BCUT2D eigenvalue weighted by Crippen LogP contribution is -2.56. The first-order chi connectivity index (χ1) is 9.58.